The summed E-state index contributed by atoms with van der Waals surface area (Å²) in [4.78, 5) is 22.5. The number of halogens is 6. The van der Waals surface area contributed by atoms with E-state index in [2.05, 4.69) is 120 Å². The van der Waals surface area contributed by atoms with Gasteiger partial charge < -0.3 is 4.42 Å². The zero-order valence-electron chi connectivity index (χ0n) is 49.3. The van der Waals surface area contributed by atoms with E-state index in [-0.39, 0.29) is 12.8 Å². The van der Waals surface area contributed by atoms with E-state index in [4.69, 9.17) is 9.40 Å². The Morgan fingerprint density at radius 2 is 0.835 bits per heavy atom. The average molecular weight is 1180 g/mol. The third kappa shape index (κ3) is 15.4. The number of aromatic nitrogens is 3. The Morgan fingerprint density at radius 1 is 0.424 bits per heavy atom. The van der Waals surface area contributed by atoms with E-state index in [0.29, 0.717) is 30.2 Å². The fourth-order valence-corrected chi connectivity index (χ4v) is 11.6. The molecule has 0 amide bonds. The number of benzene rings is 8. The molecule has 8 aromatic carbocycles. The number of thiazole rings is 2. The quantitative estimate of drug-likeness (QED) is 0.149. The third-order valence-electron chi connectivity index (χ3n) is 14.7. The van der Waals surface area contributed by atoms with Crippen molar-refractivity contribution in [1.82, 2.24) is 15.0 Å². The van der Waals surface area contributed by atoms with Gasteiger partial charge in [0, 0.05) is 41.0 Å². The Kier molecular flexibility index (Phi) is 18.6. The predicted octanol–water partition coefficient (Wildman–Crippen LogP) is 21.9. The van der Waals surface area contributed by atoms with Crippen LogP contribution in [-0.2, 0) is 12.8 Å². The lowest BCUT2D eigenvalue weighted by Crippen LogP contribution is -2.34. The standard InChI is InChI=1S/C15H13NS.2C14H16F3N.C14H11NO.C14H11NS/c1-10-7-8-14-13(9-10)16-15(17-14)12-6-4-3-5-11(12)2;2*1-9-4-5-10-7-11(18-12(10)6-9)8-13(2,3)14(15,16)17;2*1-10-7-8-13-12(9-10)15-14(16-13)11-5-3-2-4-6-11/h3-9H,1-2H3;2*4-6H,7-8H2,1-3H3;2*2-9H,1H3. The maximum atomic E-state index is 12.8. The lowest BCUT2D eigenvalue weighted by molar-refractivity contribution is -0.209. The Bertz CT molecular complexity index is 3980. The lowest BCUT2D eigenvalue weighted by atomic mass is 9.85. The van der Waals surface area contributed by atoms with E-state index in [1.165, 1.54) is 70.5 Å². The van der Waals surface area contributed by atoms with Gasteiger partial charge in [-0.3, -0.25) is 9.98 Å². The van der Waals surface area contributed by atoms with E-state index in [1.807, 2.05) is 117 Å². The molecule has 2 aliphatic heterocycles. The van der Waals surface area contributed by atoms with Gasteiger partial charge in [0.15, 0.2) is 5.58 Å². The van der Waals surface area contributed by atoms with Crippen LogP contribution in [0.1, 0.15) is 85.0 Å². The molecular formula is C71H67F6N5OS2. The van der Waals surface area contributed by atoms with Crippen LogP contribution in [0.4, 0.5) is 37.7 Å². The zero-order chi connectivity index (χ0) is 60.8. The molecule has 0 unspecified atom stereocenters. The minimum Gasteiger partial charge on any atom is -0.436 e. The van der Waals surface area contributed by atoms with Crippen molar-refractivity contribution in [2.75, 3.05) is 0 Å². The van der Waals surface area contributed by atoms with Crippen LogP contribution in [0.3, 0.4) is 0 Å². The van der Waals surface area contributed by atoms with Crippen molar-refractivity contribution in [2.24, 2.45) is 20.8 Å². The lowest BCUT2D eigenvalue weighted by Gasteiger charge is -2.27. The third-order valence-corrected chi connectivity index (χ3v) is 16.9. The fraction of sp³-hybridized carbons (Fsp3) is 0.254. The first-order valence-electron chi connectivity index (χ1n) is 28.0. The molecule has 0 aliphatic carbocycles. The summed E-state index contributed by atoms with van der Waals surface area (Å²) in [6, 6.07) is 59.2. The maximum absolute atomic E-state index is 12.8. The van der Waals surface area contributed by atoms with Crippen LogP contribution in [0.2, 0.25) is 0 Å². The zero-order valence-corrected chi connectivity index (χ0v) is 50.9. The van der Waals surface area contributed by atoms with Crippen LogP contribution in [0, 0.1) is 52.4 Å². The largest absolute Gasteiger partial charge is 0.436 e. The average Bonchev–Trinajstić information content (AvgIpc) is 4.52. The van der Waals surface area contributed by atoms with Gasteiger partial charge in [0.2, 0.25) is 5.89 Å². The van der Waals surface area contributed by atoms with Crippen molar-refractivity contribution in [2.45, 2.75) is 107 Å². The highest BCUT2D eigenvalue weighted by atomic mass is 32.1. The summed E-state index contributed by atoms with van der Waals surface area (Å²) in [6.07, 6.45) is -7.39. The van der Waals surface area contributed by atoms with Gasteiger partial charge in [0.25, 0.3) is 0 Å². The molecule has 14 heteroatoms. The van der Waals surface area contributed by atoms with Gasteiger partial charge in [0.1, 0.15) is 15.5 Å². The highest BCUT2D eigenvalue weighted by Gasteiger charge is 2.49. The van der Waals surface area contributed by atoms with E-state index in [9.17, 15) is 26.3 Å². The number of hydrogen-bond acceptors (Lipinski definition) is 8. The first-order chi connectivity index (χ1) is 40.3. The normalized spacial score (nSPS) is 12.8. The van der Waals surface area contributed by atoms with Gasteiger partial charge in [-0.1, -0.05) is 143 Å². The van der Waals surface area contributed by atoms with Crippen molar-refractivity contribution >= 4 is 77.0 Å². The summed E-state index contributed by atoms with van der Waals surface area (Å²) < 4.78 is 85.2. The number of nitrogens with zero attached hydrogens (tertiary/aromatic N) is 5. The van der Waals surface area contributed by atoms with Crippen molar-refractivity contribution in [3.05, 3.63) is 220 Å². The van der Waals surface area contributed by atoms with Crippen LogP contribution >= 0.6 is 22.7 Å². The van der Waals surface area contributed by atoms with E-state index < -0.39 is 23.2 Å². The van der Waals surface area contributed by atoms with Crippen molar-refractivity contribution in [1.29, 1.82) is 0 Å². The molecule has 6 nitrogen and oxygen atoms in total. The van der Waals surface area contributed by atoms with Crippen molar-refractivity contribution in [3.8, 4) is 32.6 Å². The Balaban J connectivity index is 0.000000127. The van der Waals surface area contributed by atoms with Crippen molar-refractivity contribution in [3.63, 3.8) is 0 Å². The number of alkyl halides is 6. The number of aryl methyl sites for hydroxylation is 6. The Labute approximate surface area is 501 Å². The second kappa shape index (κ2) is 25.6. The molecule has 0 spiro atoms. The summed E-state index contributed by atoms with van der Waals surface area (Å²) in [6.45, 7) is 17.2. The SMILES string of the molecule is Cc1ccc2c(c1)N=C(CC(C)(C)C(F)(F)F)C2.Cc1ccc2c(c1)N=C(CC(C)(C)C(F)(F)F)C2.Cc1ccc2oc(-c3ccccc3)nc2c1.Cc1ccc2sc(-c3ccccc3)nc2c1.Cc1ccc2sc(-c3ccccc3C)nc2c1. The molecule has 0 saturated carbocycles. The number of aliphatic imine (C=N–C) groups is 2. The van der Waals surface area contributed by atoms with Gasteiger partial charge >= 0.3 is 12.4 Å². The minimum absolute atomic E-state index is 0.0375. The van der Waals surface area contributed by atoms with Gasteiger partial charge in [0.05, 0.1) is 42.6 Å². The number of rotatable bonds is 7. The molecular weight excluding hydrogens is 1120 g/mol. The first kappa shape index (κ1) is 61.5. The highest BCUT2D eigenvalue weighted by Crippen LogP contribution is 2.44. The summed E-state index contributed by atoms with van der Waals surface area (Å²) in [5.74, 6) is 0.682. The summed E-state index contributed by atoms with van der Waals surface area (Å²) in [5.41, 5.74) is 16.1. The highest BCUT2D eigenvalue weighted by molar-refractivity contribution is 7.22. The summed E-state index contributed by atoms with van der Waals surface area (Å²) in [5, 5.41) is 2.21. The molecule has 0 fully saturated rings. The predicted molar refractivity (Wildman–Crippen MR) is 341 cm³/mol. The van der Waals surface area contributed by atoms with Crippen LogP contribution in [0.15, 0.2) is 190 Å². The maximum Gasteiger partial charge on any atom is 0.394 e. The molecule has 0 bridgehead atoms. The monoisotopic (exact) mass is 1180 g/mol. The molecule has 0 saturated heterocycles. The number of oxazole rings is 1. The van der Waals surface area contributed by atoms with E-state index >= 15 is 0 Å². The van der Waals surface area contributed by atoms with Crippen LogP contribution < -0.4 is 0 Å². The Hall–Kier alpha value is -8.07. The van der Waals surface area contributed by atoms with Crippen molar-refractivity contribution < 1.29 is 30.8 Å². The minimum atomic E-state index is -4.19. The summed E-state index contributed by atoms with van der Waals surface area (Å²) >= 11 is 3.51. The van der Waals surface area contributed by atoms with E-state index in [0.717, 1.165) is 71.3 Å². The summed E-state index contributed by atoms with van der Waals surface area (Å²) in [7, 11) is 0. The molecule has 11 aromatic rings. The second-order valence-corrected chi connectivity index (χ2v) is 25.2. The van der Waals surface area contributed by atoms with Crippen LogP contribution in [-0.4, -0.2) is 38.7 Å². The molecule has 3 aromatic heterocycles. The molecule has 13 rings (SSSR count). The number of fused-ring (bicyclic) bond motifs is 5. The van der Waals surface area contributed by atoms with E-state index in [1.54, 1.807) is 22.7 Å². The molecule has 85 heavy (non-hydrogen) atoms. The number of hydrogen-bond donors (Lipinski definition) is 0. The molecule has 5 heterocycles. The smallest absolute Gasteiger partial charge is 0.394 e. The molecule has 0 atom stereocenters. The Morgan fingerprint density at radius 3 is 1.33 bits per heavy atom. The fourth-order valence-electron chi connectivity index (χ4n) is 9.59. The molecule has 0 N–H and O–H groups in total. The molecule has 2 aliphatic rings. The van der Waals surface area contributed by atoms with Gasteiger partial charge in [-0.25, -0.2) is 15.0 Å². The van der Waals surface area contributed by atoms with Crippen LogP contribution in [0.25, 0.3) is 64.1 Å². The molecule has 436 valence electrons. The molecule has 0 radical (unpaired) electrons. The first-order valence-corrected chi connectivity index (χ1v) is 29.6. The van der Waals surface area contributed by atoms with Crippen LogP contribution in [0.5, 0.6) is 0 Å². The topological polar surface area (TPSA) is 76.5 Å². The second-order valence-electron chi connectivity index (χ2n) is 23.1. The van der Waals surface area contributed by atoms with Gasteiger partial charge in [-0.15, -0.1) is 22.7 Å². The van der Waals surface area contributed by atoms with Gasteiger partial charge in [-0.2, -0.15) is 26.3 Å². The van der Waals surface area contributed by atoms with Gasteiger partial charge in [-0.05, 0) is 160 Å².